The molecular weight excluding hydrogens is 198 g/mol. The van der Waals surface area contributed by atoms with Crippen molar-refractivity contribution in [2.75, 3.05) is 0 Å². The molecule has 2 heteroatoms. The molecule has 2 rings (SSSR count). The molecule has 1 heterocycles. The fourth-order valence-electron chi connectivity index (χ4n) is 2.44. The highest BCUT2D eigenvalue weighted by Crippen LogP contribution is 2.39. The van der Waals surface area contributed by atoms with Crippen molar-refractivity contribution in [2.45, 2.75) is 45.6 Å². The van der Waals surface area contributed by atoms with Gasteiger partial charge in [0.25, 0.3) is 0 Å². The highest BCUT2D eigenvalue weighted by molar-refractivity contribution is 5.83. The van der Waals surface area contributed by atoms with Crippen LogP contribution in [0.2, 0.25) is 0 Å². The number of hydrogen-bond donors (Lipinski definition) is 0. The van der Waals surface area contributed by atoms with Gasteiger partial charge in [0.05, 0.1) is 5.71 Å². The highest BCUT2D eigenvalue weighted by atomic mass is 16.7. The summed E-state index contributed by atoms with van der Waals surface area (Å²) in [6.07, 6.45) is 2.92. The molecule has 1 aromatic carbocycles. The molecule has 1 unspecified atom stereocenters. The zero-order valence-corrected chi connectivity index (χ0v) is 10.3. The predicted molar refractivity (Wildman–Crippen MR) is 66.6 cm³/mol. The molecule has 0 aliphatic carbocycles. The summed E-state index contributed by atoms with van der Waals surface area (Å²) >= 11 is 0. The first-order chi connectivity index (χ1) is 7.72. The third-order valence-corrected chi connectivity index (χ3v) is 3.38. The molecule has 1 aliphatic heterocycles. The molecule has 0 saturated heterocycles. The minimum Gasteiger partial charge on any atom is -0.384 e. The van der Waals surface area contributed by atoms with E-state index < -0.39 is 0 Å². The predicted octanol–water partition coefficient (Wildman–Crippen LogP) is 3.65. The SMILES string of the molecule is CCc1ccccc1C1(CC)CC(C)=NO1. The fourth-order valence-corrected chi connectivity index (χ4v) is 2.44. The molecular formula is C14H19NO. The monoisotopic (exact) mass is 217 g/mol. The van der Waals surface area contributed by atoms with E-state index in [2.05, 4.69) is 43.3 Å². The molecule has 0 fully saturated rings. The smallest absolute Gasteiger partial charge is 0.168 e. The first-order valence-electron chi connectivity index (χ1n) is 6.02. The summed E-state index contributed by atoms with van der Waals surface area (Å²) in [5.74, 6) is 0. The summed E-state index contributed by atoms with van der Waals surface area (Å²) in [4.78, 5) is 5.72. The summed E-state index contributed by atoms with van der Waals surface area (Å²) in [6, 6.07) is 8.54. The lowest BCUT2D eigenvalue weighted by Crippen LogP contribution is -2.26. The molecule has 0 spiro atoms. The third-order valence-electron chi connectivity index (χ3n) is 3.38. The van der Waals surface area contributed by atoms with Crippen LogP contribution in [0.5, 0.6) is 0 Å². The Bertz CT molecular complexity index is 411. The van der Waals surface area contributed by atoms with Crippen LogP contribution < -0.4 is 0 Å². The number of rotatable bonds is 3. The van der Waals surface area contributed by atoms with Gasteiger partial charge >= 0.3 is 0 Å². The molecule has 16 heavy (non-hydrogen) atoms. The Morgan fingerprint density at radius 2 is 2.06 bits per heavy atom. The number of nitrogens with zero attached hydrogens (tertiary/aromatic N) is 1. The molecule has 0 saturated carbocycles. The third kappa shape index (κ3) is 1.73. The average Bonchev–Trinajstić information content (AvgIpc) is 2.72. The van der Waals surface area contributed by atoms with E-state index in [-0.39, 0.29) is 5.60 Å². The first-order valence-corrected chi connectivity index (χ1v) is 6.02. The van der Waals surface area contributed by atoms with E-state index in [4.69, 9.17) is 4.84 Å². The van der Waals surface area contributed by atoms with Crippen LogP contribution in [-0.4, -0.2) is 5.71 Å². The largest absolute Gasteiger partial charge is 0.384 e. The lowest BCUT2D eigenvalue weighted by Gasteiger charge is -2.27. The fraction of sp³-hybridized carbons (Fsp3) is 0.500. The van der Waals surface area contributed by atoms with Gasteiger partial charge in [0.2, 0.25) is 0 Å². The maximum Gasteiger partial charge on any atom is 0.168 e. The Balaban J connectivity index is 2.42. The standard InChI is InChI=1S/C14H19NO/c1-4-12-8-6-7-9-13(12)14(5-2)10-11(3)15-16-14/h6-9H,4-5,10H2,1-3H3. The highest BCUT2D eigenvalue weighted by Gasteiger charge is 2.39. The van der Waals surface area contributed by atoms with Crippen LogP contribution in [0.3, 0.4) is 0 Å². The lowest BCUT2D eigenvalue weighted by molar-refractivity contribution is -0.0269. The number of hydrogen-bond acceptors (Lipinski definition) is 2. The van der Waals surface area contributed by atoms with E-state index in [0.717, 1.165) is 25.0 Å². The van der Waals surface area contributed by atoms with Gasteiger partial charge in [-0.05, 0) is 25.3 Å². The van der Waals surface area contributed by atoms with Crippen LogP contribution in [0.4, 0.5) is 0 Å². The van der Waals surface area contributed by atoms with Crippen molar-refractivity contribution in [3.63, 3.8) is 0 Å². The van der Waals surface area contributed by atoms with Crippen molar-refractivity contribution in [3.8, 4) is 0 Å². The molecule has 1 aliphatic rings. The van der Waals surface area contributed by atoms with Gasteiger partial charge in [-0.1, -0.05) is 43.3 Å². The number of benzene rings is 1. The van der Waals surface area contributed by atoms with Gasteiger partial charge < -0.3 is 4.84 Å². The minimum atomic E-state index is -0.212. The van der Waals surface area contributed by atoms with Gasteiger partial charge in [-0.3, -0.25) is 0 Å². The van der Waals surface area contributed by atoms with Crippen LogP contribution >= 0.6 is 0 Å². The average molecular weight is 217 g/mol. The van der Waals surface area contributed by atoms with Crippen LogP contribution in [0.15, 0.2) is 29.4 Å². The van der Waals surface area contributed by atoms with Crippen molar-refractivity contribution < 1.29 is 4.84 Å². The van der Waals surface area contributed by atoms with E-state index in [1.54, 1.807) is 0 Å². The number of oxime groups is 1. The van der Waals surface area contributed by atoms with Gasteiger partial charge in [0, 0.05) is 12.0 Å². The molecule has 1 atom stereocenters. The van der Waals surface area contributed by atoms with Gasteiger partial charge in [0.1, 0.15) is 0 Å². The van der Waals surface area contributed by atoms with Crippen LogP contribution in [-0.2, 0) is 16.9 Å². The molecule has 0 N–H and O–H groups in total. The Morgan fingerprint density at radius 3 is 2.62 bits per heavy atom. The topological polar surface area (TPSA) is 21.6 Å². The quantitative estimate of drug-likeness (QED) is 0.757. The van der Waals surface area contributed by atoms with Gasteiger partial charge in [0.15, 0.2) is 5.60 Å². The van der Waals surface area contributed by atoms with Gasteiger partial charge in [-0.25, -0.2) is 0 Å². The van der Waals surface area contributed by atoms with E-state index in [1.165, 1.54) is 11.1 Å². The molecule has 0 aromatic heterocycles. The minimum absolute atomic E-state index is 0.212. The van der Waals surface area contributed by atoms with E-state index in [1.807, 2.05) is 6.92 Å². The van der Waals surface area contributed by atoms with Crippen molar-refractivity contribution in [1.82, 2.24) is 0 Å². The van der Waals surface area contributed by atoms with Crippen LogP contribution in [0.1, 0.15) is 44.7 Å². The summed E-state index contributed by atoms with van der Waals surface area (Å²) in [6.45, 7) is 6.39. The molecule has 0 radical (unpaired) electrons. The molecule has 1 aromatic rings. The maximum absolute atomic E-state index is 5.72. The summed E-state index contributed by atoms with van der Waals surface area (Å²) < 4.78 is 0. The Hall–Kier alpha value is -1.31. The van der Waals surface area contributed by atoms with Gasteiger partial charge in [-0.15, -0.1) is 0 Å². The van der Waals surface area contributed by atoms with Crippen LogP contribution in [0.25, 0.3) is 0 Å². The molecule has 0 amide bonds. The maximum atomic E-state index is 5.72. The second kappa shape index (κ2) is 4.28. The summed E-state index contributed by atoms with van der Waals surface area (Å²) in [5, 5.41) is 4.13. The van der Waals surface area contributed by atoms with Crippen molar-refractivity contribution in [1.29, 1.82) is 0 Å². The number of aryl methyl sites for hydroxylation is 1. The Kier molecular flexibility index (Phi) is 2.99. The second-order valence-electron chi connectivity index (χ2n) is 4.45. The molecule has 86 valence electrons. The normalized spacial score (nSPS) is 24.1. The van der Waals surface area contributed by atoms with Crippen molar-refractivity contribution in [3.05, 3.63) is 35.4 Å². The summed E-state index contributed by atoms with van der Waals surface area (Å²) in [5.41, 5.74) is 3.55. The summed E-state index contributed by atoms with van der Waals surface area (Å²) in [7, 11) is 0. The lowest BCUT2D eigenvalue weighted by atomic mass is 9.83. The molecule has 2 nitrogen and oxygen atoms in total. The van der Waals surface area contributed by atoms with E-state index >= 15 is 0 Å². The van der Waals surface area contributed by atoms with Crippen molar-refractivity contribution in [2.24, 2.45) is 5.16 Å². The Morgan fingerprint density at radius 1 is 1.31 bits per heavy atom. The van der Waals surface area contributed by atoms with Gasteiger partial charge in [-0.2, -0.15) is 0 Å². The van der Waals surface area contributed by atoms with E-state index in [9.17, 15) is 0 Å². The van der Waals surface area contributed by atoms with Crippen molar-refractivity contribution >= 4 is 5.71 Å². The molecule has 0 bridgehead atoms. The zero-order chi connectivity index (χ0) is 11.6. The second-order valence-corrected chi connectivity index (χ2v) is 4.45. The van der Waals surface area contributed by atoms with E-state index in [0.29, 0.717) is 0 Å². The zero-order valence-electron chi connectivity index (χ0n) is 10.3. The Labute approximate surface area is 97.3 Å². The first kappa shape index (κ1) is 11.2. The van der Waals surface area contributed by atoms with Crippen LogP contribution in [0, 0.1) is 0 Å².